The van der Waals surface area contributed by atoms with Crippen LogP contribution in [-0.2, 0) is 0 Å². The third-order valence-electron chi connectivity index (χ3n) is 4.27. The number of pyridine rings is 1. The molecule has 128 valence electrons. The van der Waals surface area contributed by atoms with Crippen molar-refractivity contribution in [2.45, 2.75) is 32.9 Å². The molecule has 0 saturated carbocycles. The number of aromatic nitrogens is 1. The van der Waals surface area contributed by atoms with Gasteiger partial charge in [0.1, 0.15) is 10.4 Å². The molecule has 0 aromatic carbocycles. The van der Waals surface area contributed by atoms with Crippen LogP contribution in [0, 0.1) is 0 Å². The molecule has 23 heavy (non-hydrogen) atoms. The van der Waals surface area contributed by atoms with E-state index in [0.29, 0.717) is 22.8 Å². The fourth-order valence-corrected chi connectivity index (χ4v) is 3.22. The van der Waals surface area contributed by atoms with Crippen molar-refractivity contribution in [1.29, 1.82) is 0 Å². The number of amides is 1. The van der Waals surface area contributed by atoms with Crippen LogP contribution in [0.4, 0.5) is 5.82 Å². The first-order valence-corrected chi connectivity index (χ1v) is 8.94. The zero-order valence-electron chi connectivity index (χ0n) is 14.1. The summed E-state index contributed by atoms with van der Waals surface area (Å²) in [5, 5.41) is 3.01. The van der Waals surface area contributed by atoms with Crippen molar-refractivity contribution in [1.82, 2.24) is 15.2 Å². The second-order valence-electron chi connectivity index (χ2n) is 5.98. The quantitative estimate of drug-likeness (QED) is 0.697. The Morgan fingerprint density at radius 2 is 2.13 bits per heavy atom. The van der Waals surface area contributed by atoms with Crippen molar-refractivity contribution in [3.63, 3.8) is 0 Å². The van der Waals surface area contributed by atoms with Crippen molar-refractivity contribution >= 4 is 27.7 Å². The highest BCUT2D eigenvalue weighted by molar-refractivity contribution is 9.10. The number of hydrogen-bond donors (Lipinski definition) is 2. The Balaban J connectivity index is 1.99. The summed E-state index contributed by atoms with van der Waals surface area (Å²) in [6.45, 7) is 10.5. The molecule has 7 heteroatoms. The van der Waals surface area contributed by atoms with Gasteiger partial charge in [0.25, 0.3) is 5.91 Å². The van der Waals surface area contributed by atoms with Crippen LogP contribution in [-0.4, -0.2) is 60.6 Å². The molecule has 1 fully saturated rings. The average Bonchev–Trinajstić information content (AvgIpc) is 2.50. The number of carbonyl (C=O) groups excluding carboxylic acids is 1. The molecule has 0 aliphatic carbocycles. The predicted molar refractivity (Wildman–Crippen MR) is 96.8 cm³/mol. The second-order valence-corrected chi connectivity index (χ2v) is 6.79. The molecule has 0 radical (unpaired) electrons. The van der Waals surface area contributed by atoms with Crippen molar-refractivity contribution < 1.29 is 4.79 Å². The van der Waals surface area contributed by atoms with E-state index in [1.54, 1.807) is 6.07 Å². The van der Waals surface area contributed by atoms with Crippen LogP contribution in [0.25, 0.3) is 0 Å². The molecule has 0 spiro atoms. The fraction of sp³-hybridized carbons (Fsp3) is 0.625. The molecule has 6 nitrogen and oxygen atoms in total. The molecule has 1 saturated heterocycles. The minimum atomic E-state index is -0.0711. The largest absolute Gasteiger partial charge is 0.353 e. The van der Waals surface area contributed by atoms with Gasteiger partial charge in [0.05, 0.1) is 0 Å². The SMILES string of the molecule is CCN(CC)C(C)CNC(=O)c1cc(Br)nc(N2CC(N)C2)c1. The normalized spacial score (nSPS) is 16.3. The van der Waals surface area contributed by atoms with Crippen molar-refractivity contribution in [3.05, 3.63) is 22.3 Å². The summed E-state index contributed by atoms with van der Waals surface area (Å²) in [5.74, 6) is 0.723. The van der Waals surface area contributed by atoms with Crippen LogP contribution in [0.15, 0.2) is 16.7 Å². The molecule has 1 aliphatic heterocycles. The molecule has 1 amide bonds. The Labute approximate surface area is 146 Å². The standard InChI is InChI=1S/C16H26BrN5O/c1-4-21(5-2)11(3)8-19-16(23)12-6-14(17)20-15(7-12)22-9-13(18)10-22/h6-7,11,13H,4-5,8-10,18H2,1-3H3,(H,19,23). The van der Waals surface area contributed by atoms with E-state index in [1.807, 2.05) is 6.07 Å². The smallest absolute Gasteiger partial charge is 0.251 e. The van der Waals surface area contributed by atoms with Gasteiger partial charge >= 0.3 is 0 Å². The van der Waals surface area contributed by atoms with Crippen molar-refractivity contribution in [2.24, 2.45) is 5.73 Å². The van der Waals surface area contributed by atoms with E-state index in [2.05, 4.69) is 56.8 Å². The minimum absolute atomic E-state index is 0.0711. The number of carbonyl (C=O) groups is 1. The summed E-state index contributed by atoms with van der Waals surface area (Å²) >= 11 is 3.39. The third-order valence-corrected chi connectivity index (χ3v) is 4.68. The number of nitrogens with one attached hydrogen (secondary N) is 1. The zero-order chi connectivity index (χ0) is 17.0. The Kier molecular flexibility index (Phi) is 6.38. The molecule has 2 heterocycles. The number of likely N-dealkylation sites (N-methyl/N-ethyl adjacent to an activating group) is 1. The molecule has 1 aromatic heterocycles. The number of rotatable bonds is 7. The minimum Gasteiger partial charge on any atom is -0.353 e. The highest BCUT2D eigenvalue weighted by atomic mass is 79.9. The first-order valence-electron chi connectivity index (χ1n) is 8.14. The summed E-state index contributed by atoms with van der Waals surface area (Å²) < 4.78 is 0.664. The molecular formula is C16H26BrN5O. The van der Waals surface area contributed by atoms with Gasteiger partial charge < -0.3 is 16.0 Å². The summed E-state index contributed by atoms with van der Waals surface area (Å²) in [6.07, 6.45) is 0. The van der Waals surface area contributed by atoms with E-state index >= 15 is 0 Å². The predicted octanol–water partition coefficient (Wildman–Crippen LogP) is 1.45. The number of halogens is 1. The van der Waals surface area contributed by atoms with Crippen molar-refractivity contribution in [2.75, 3.05) is 37.6 Å². The van der Waals surface area contributed by atoms with Gasteiger partial charge in [0.2, 0.25) is 0 Å². The molecular weight excluding hydrogens is 358 g/mol. The lowest BCUT2D eigenvalue weighted by Gasteiger charge is -2.38. The van der Waals surface area contributed by atoms with Crippen LogP contribution in [0.3, 0.4) is 0 Å². The number of nitrogens with two attached hydrogens (primary N) is 1. The van der Waals surface area contributed by atoms with Gasteiger partial charge in [-0.15, -0.1) is 0 Å². The lowest BCUT2D eigenvalue weighted by atomic mass is 10.1. The molecule has 1 unspecified atom stereocenters. The lowest BCUT2D eigenvalue weighted by molar-refractivity contribution is 0.0938. The molecule has 3 N–H and O–H groups in total. The Bertz CT molecular complexity index is 543. The van der Waals surface area contributed by atoms with Crippen LogP contribution in [0.5, 0.6) is 0 Å². The van der Waals surface area contributed by atoms with Gasteiger partial charge in [0.15, 0.2) is 0 Å². The molecule has 0 bridgehead atoms. The fourth-order valence-electron chi connectivity index (χ4n) is 2.79. The Morgan fingerprint density at radius 3 is 2.70 bits per heavy atom. The molecule has 1 aromatic rings. The number of nitrogens with zero attached hydrogens (tertiary/aromatic N) is 3. The number of anilines is 1. The van der Waals surface area contributed by atoms with Crippen LogP contribution in [0.1, 0.15) is 31.1 Å². The van der Waals surface area contributed by atoms with E-state index in [4.69, 9.17) is 5.73 Å². The van der Waals surface area contributed by atoms with Crippen LogP contribution < -0.4 is 16.0 Å². The van der Waals surface area contributed by atoms with Crippen LogP contribution in [0.2, 0.25) is 0 Å². The molecule has 2 rings (SSSR count). The van der Waals surface area contributed by atoms with Crippen molar-refractivity contribution in [3.8, 4) is 0 Å². The maximum Gasteiger partial charge on any atom is 0.251 e. The van der Waals surface area contributed by atoms with E-state index in [9.17, 15) is 4.79 Å². The van der Waals surface area contributed by atoms with Crippen LogP contribution >= 0.6 is 15.9 Å². The molecule has 1 aliphatic rings. The van der Waals surface area contributed by atoms with Gasteiger partial charge in [-0.3, -0.25) is 9.69 Å². The number of hydrogen-bond acceptors (Lipinski definition) is 5. The van der Waals surface area contributed by atoms with Gasteiger partial charge in [-0.2, -0.15) is 0 Å². The Hall–Kier alpha value is -1.18. The monoisotopic (exact) mass is 383 g/mol. The Morgan fingerprint density at radius 1 is 1.48 bits per heavy atom. The maximum absolute atomic E-state index is 12.4. The van der Waals surface area contributed by atoms with E-state index in [1.165, 1.54) is 0 Å². The maximum atomic E-state index is 12.4. The summed E-state index contributed by atoms with van der Waals surface area (Å²) in [5.41, 5.74) is 6.43. The van der Waals surface area contributed by atoms with Gasteiger partial charge in [-0.1, -0.05) is 13.8 Å². The summed E-state index contributed by atoms with van der Waals surface area (Å²) in [6, 6.07) is 4.09. The summed E-state index contributed by atoms with van der Waals surface area (Å²) in [7, 11) is 0. The zero-order valence-corrected chi connectivity index (χ0v) is 15.6. The highest BCUT2D eigenvalue weighted by Gasteiger charge is 2.25. The van der Waals surface area contributed by atoms with E-state index in [0.717, 1.165) is 32.0 Å². The molecule has 1 atom stereocenters. The van der Waals surface area contributed by atoms with E-state index < -0.39 is 0 Å². The third kappa shape index (κ3) is 4.65. The van der Waals surface area contributed by atoms with Gasteiger partial charge in [-0.05, 0) is 48.1 Å². The van der Waals surface area contributed by atoms with Gasteiger partial charge in [-0.25, -0.2) is 4.98 Å². The lowest BCUT2D eigenvalue weighted by Crippen LogP contribution is -2.56. The second kappa shape index (κ2) is 8.08. The summed E-state index contributed by atoms with van der Waals surface area (Å²) in [4.78, 5) is 21.2. The first-order chi connectivity index (χ1) is 10.9. The average molecular weight is 384 g/mol. The van der Waals surface area contributed by atoms with Gasteiger partial charge in [0, 0.05) is 37.3 Å². The first kappa shape index (κ1) is 18.2. The van der Waals surface area contributed by atoms with E-state index in [-0.39, 0.29) is 11.9 Å². The topological polar surface area (TPSA) is 74.5 Å². The highest BCUT2D eigenvalue weighted by Crippen LogP contribution is 2.22.